The highest BCUT2D eigenvalue weighted by Gasteiger charge is 2.32. The van der Waals surface area contributed by atoms with Crippen LogP contribution < -0.4 is 10.1 Å². The fourth-order valence-electron chi connectivity index (χ4n) is 1.65. The molecule has 0 aromatic heterocycles. The summed E-state index contributed by atoms with van der Waals surface area (Å²) in [4.78, 5) is 0. The van der Waals surface area contributed by atoms with Crippen LogP contribution >= 0.6 is 0 Å². The van der Waals surface area contributed by atoms with Crippen LogP contribution in [0, 0.1) is 0 Å². The summed E-state index contributed by atoms with van der Waals surface area (Å²) in [7, 11) is 1.69. The minimum Gasteiger partial charge on any atom is -0.496 e. The molecule has 1 heterocycles. The van der Waals surface area contributed by atoms with Crippen LogP contribution in [-0.2, 0) is 11.3 Å². The third kappa shape index (κ3) is 2.30. The van der Waals surface area contributed by atoms with Crippen molar-refractivity contribution in [3.8, 4) is 5.75 Å². The molecule has 1 N–H and O–H groups in total. The summed E-state index contributed by atoms with van der Waals surface area (Å²) in [5.74, 6) is 0.897. The standard InChI is InChI=1S/C12H17NO2/c1-12(8-13-9-12)15-7-10-5-3-4-6-11(10)14-2/h3-6,13H,7-9H2,1-2H3. The molecule has 2 rings (SSSR count). The molecule has 1 aromatic carbocycles. The number of rotatable bonds is 4. The molecular weight excluding hydrogens is 190 g/mol. The molecule has 1 aliphatic rings. The number of hydrogen-bond acceptors (Lipinski definition) is 3. The molecule has 0 aliphatic carbocycles. The molecule has 82 valence electrons. The van der Waals surface area contributed by atoms with Crippen molar-refractivity contribution in [2.24, 2.45) is 0 Å². The summed E-state index contributed by atoms with van der Waals surface area (Å²) < 4.78 is 11.1. The number of ether oxygens (including phenoxy) is 2. The van der Waals surface area contributed by atoms with E-state index in [1.165, 1.54) is 0 Å². The summed E-state index contributed by atoms with van der Waals surface area (Å²) in [5.41, 5.74) is 1.11. The van der Waals surface area contributed by atoms with E-state index in [-0.39, 0.29) is 5.60 Å². The van der Waals surface area contributed by atoms with Gasteiger partial charge in [-0.2, -0.15) is 0 Å². The first-order valence-corrected chi connectivity index (χ1v) is 5.20. The summed E-state index contributed by atoms with van der Waals surface area (Å²) in [6.45, 7) is 4.60. The lowest BCUT2D eigenvalue weighted by atomic mass is 10.00. The zero-order valence-corrected chi connectivity index (χ0v) is 9.25. The van der Waals surface area contributed by atoms with Gasteiger partial charge in [-0.15, -0.1) is 0 Å². The molecule has 3 nitrogen and oxygen atoms in total. The Hall–Kier alpha value is -1.06. The van der Waals surface area contributed by atoms with Gasteiger partial charge in [-0.05, 0) is 13.0 Å². The second-order valence-corrected chi connectivity index (χ2v) is 4.15. The van der Waals surface area contributed by atoms with Crippen molar-refractivity contribution in [3.05, 3.63) is 29.8 Å². The molecule has 0 radical (unpaired) electrons. The number of hydrogen-bond donors (Lipinski definition) is 1. The average molecular weight is 207 g/mol. The van der Waals surface area contributed by atoms with Gasteiger partial charge in [-0.3, -0.25) is 0 Å². The lowest BCUT2D eigenvalue weighted by molar-refractivity contribution is -0.0771. The molecule has 3 heteroatoms. The highest BCUT2D eigenvalue weighted by molar-refractivity contribution is 5.32. The molecule has 1 aromatic rings. The average Bonchev–Trinajstić information content (AvgIpc) is 2.24. The molecule has 1 saturated heterocycles. The van der Waals surface area contributed by atoms with E-state index in [4.69, 9.17) is 9.47 Å². The first-order chi connectivity index (χ1) is 7.23. The summed E-state index contributed by atoms with van der Waals surface area (Å²) in [5, 5.41) is 3.21. The van der Waals surface area contributed by atoms with Gasteiger partial charge < -0.3 is 14.8 Å². The fourth-order valence-corrected chi connectivity index (χ4v) is 1.65. The Morgan fingerprint density at radius 1 is 1.33 bits per heavy atom. The van der Waals surface area contributed by atoms with Gasteiger partial charge >= 0.3 is 0 Å². The zero-order valence-electron chi connectivity index (χ0n) is 9.25. The van der Waals surface area contributed by atoms with Gasteiger partial charge in [0.2, 0.25) is 0 Å². The van der Waals surface area contributed by atoms with Crippen molar-refractivity contribution in [2.45, 2.75) is 19.1 Å². The maximum atomic E-state index is 5.85. The topological polar surface area (TPSA) is 30.5 Å². The Labute approximate surface area is 90.4 Å². The van der Waals surface area contributed by atoms with Gasteiger partial charge in [0.1, 0.15) is 5.75 Å². The SMILES string of the molecule is COc1ccccc1COC1(C)CNC1. The van der Waals surface area contributed by atoms with Crippen LogP contribution in [0.1, 0.15) is 12.5 Å². The van der Waals surface area contributed by atoms with E-state index >= 15 is 0 Å². The smallest absolute Gasteiger partial charge is 0.124 e. The zero-order chi connectivity index (χ0) is 10.7. The minimum atomic E-state index is 0.000846. The summed E-state index contributed by atoms with van der Waals surface area (Å²) >= 11 is 0. The molecule has 0 bridgehead atoms. The third-order valence-corrected chi connectivity index (χ3v) is 2.77. The van der Waals surface area contributed by atoms with Crippen molar-refractivity contribution >= 4 is 0 Å². The molecule has 15 heavy (non-hydrogen) atoms. The minimum absolute atomic E-state index is 0.000846. The number of para-hydroxylation sites is 1. The predicted molar refractivity (Wildman–Crippen MR) is 59.1 cm³/mol. The van der Waals surface area contributed by atoms with E-state index in [0.29, 0.717) is 6.61 Å². The number of methoxy groups -OCH3 is 1. The van der Waals surface area contributed by atoms with Crippen molar-refractivity contribution in [3.63, 3.8) is 0 Å². The lowest BCUT2D eigenvalue weighted by Crippen LogP contribution is -2.58. The molecule has 0 amide bonds. The van der Waals surface area contributed by atoms with Crippen molar-refractivity contribution < 1.29 is 9.47 Å². The number of nitrogens with one attached hydrogen (secondary N) is 1. The lowest BCUT2D eigenvalue weighted by Gasteiger charge is -2.39. The van der Waals surface area contributed by atoms with Gasteiger partial charge in [0.05, 0.1) is 19.3 Å². The maximum Gasteiger partial charge on any atom is 0.124 e. The van der Waals surface area contributed by atoms with Crippen LogP contribution in [0.15, 0.2) is 24.3 Å². The Morgan fingerprint density at radius 3 is 2.67 bits per heavy atom. The van der Waals surface area contributed by atoms with Gasteiger partial charge in [-0.1, -0.05) is 18.2 Å². The molecule has 0 atom stereocenters. The van der Waals surface area contributed by atoms with Gasteiger partial charge in [0.25, 0.3) is 0 Å². The van der Waals surface area contributed by atoms with E-state index < -0.39 is 0 Å². The first kappa shape index (κ1) is 10.5. The van der Waals surface area contributed by atoms with Crippen LogP contribution in [0.25, 0.3) is 0 Å². The van der Waals surface area contributed by atoms with Gasteiger partial charge in [0.15, 0.2) is 0 Å². The second-order valence-electron chi connectivity index (χ2n) is 4.15. The summed E-state index contributed by atoms with van der Waals surface area (Å²) in [6, 6.07) is 7.96. The van der Waals surface area contributed by atoms with Crippen LogP contribution in [0.2, 0.25) is 0 Å². The third-order valence-electron chi connectivity index (χ3n) is 2.77. The van der Waals surface area contributed by atoms with E-state index in [9.17, 15) is 0 Å². The Kier molecular flexibility index (Phi) is 2.93. The van der Waals surface area contributed by atoms with Crippen molar-refractivity contribution in [1.29, 1.82) is 0 Å². The van der Waals surface area contributed by atoms with Gasteiger partial charge in [0, 0.05) is 18.7 Å². The fraction of sp³-hybridized carbons (Fsp3) is 0.500. The Bertz CT molecular complexity index is 334. The first-order valence-electron chi connectivity index (χ1n) is 5.20. The van der Waals surface area contributed by atoms with E-state index in [1.807, 2.05) is 24.3 Å². The Morgan fingerprint density at radius 2 is 2.07 bits per heavy atom. The van der Waals surface area contributed by atoms with Crippen LogP contribution in [0.4, 0.5) is 0 Å². The molecule has 0 spiro atoms. The van der Waals surface area contributed by atoms with Gasteiger partial charge in [-0.25, -0.2) is 0 Å². The van der Waals surface area contributed by atoms with Crippen LogP contribution in [-0.4, -0.2) is 25.8 Å². The maximum absolute atomic E-state index is 5.85. The summed E-state index contributed by atoms with van der Waals surface area (Å²) in [6.07, 6.45) is 0. The molecule has 0 unspecified atom stereocenters. The van der Waals surface area contributed by atoms with Crippen molar-refractivity contribution in [1.82, 2.24) is 5.32 Å². The number of benzene rings is 1. The molecular formula is C12H17NO2. The largest absolute Gasteiger partial charge is 0.496 e. The normalized spacial score (nSPS) is 18.3. The predicted octanol–water partition coefficient (Wildman–Crippen LogP) is 1.57. The van der Waals surface area contributed by atoms with E-state index in [2.05, 4.69) is 12.2 Å². The molecule has 1 fully saturated rings. The molecule has 1 aliphatic heterocycles. The molecule has 0 saturated carbocycles. The van der Waals surface area contributed by atoms with E-state index in [0.717, 1.165) is 24.4 Å². The highest BCUT2D eigenvalue weighted by Crippen LogP contribution is 2.22. The Balaban J connectivity index is 1.98. The monoisotopic (exact) mass is 207 g/mol. The van der Waals surface area contributed by atoms with Crippen LogP contribution in [0.5, 0.6) is 5.75 Å². The van der Waals surface area contributed by atoms with E-state index in [1.54, 1.807) is 7.11 Å². The van der Waals surface area contributed by atoms with Crippen molar-refractivity contribution in [2.75, 3.05) is 20.2 Å². The highest BCUT2D eigenvalue weighted by atomic mass is 16.5. The van der Waals surface area contributed by atoms with Crippen LogP contribution in [0.3, 0.4) is 0 Å². The second kappa shape index (κ2) is 4.21. The quantitative estimate of drug-likeness (QED) is 0.813.